The zero-order valence-corrected chi connectivity index (χ0v) is 11.5. The molecule has 0 saturated carbocycles. The van der Waals surface area contributed by atoms with Crippen LogP contribution < -0.4 is 0 Å². The number of carbonyl (C=O) groups is 1. The lowest BCUT2D eigenvalue weighted by atomic mass is 9.93. The van der Waals surface area contributed by atoms with Crippen LogP contribution in [-0.2, 0) is 6.42 Å². The first-order valence-electron chi connectivity index (χ1n) is 6.51. The Labute approximate surface area is 121 Å². The number of ketones is 1. The van der Waals surface area contributed by atoms with E-state index in [-0.39, 0.29) is 11.7 Å². The molecular weight excluding hydrogens is 273 g/mol. The molecule has 0 bridgehead atoms. The van der Waals surface area contributed by atoms with Gasteiger partial charge in [0, 0.05) is 17.5 Å². The number of hydrogen-bond acceptors (Lipinski definition) is 3. The molecule has 0 aromatic heterocycles. The molecule has 0 N–H and O–H groups in total. The molecule has 0 aliphatic rings. The first-order valence-corrected chi connectivity index (χ1v) is 6.51. The second-order valence-corrected chi connectivity index (χ2v) is 4.88. The molecule has 2 aromatic rings. The van der Waals surface area contributed by atoms with E-state index < -0.39 is 16.4 Å². The molecule has 0 aliphatic carbocycles. The fraction of sp³-hybridized carbons (Fsp3) is 0.188. The van der Waals surface area contributed by atoms with Crippen molar-refractivity contribution < 1.29 is 14.1 Å². The van der Waals surface area contributed by atoms with Gasteiger partial charge in [0.25, 0.3) is 0 Å². The summed E-state index contributed by atoms with van der Waals surface area (Å²) in [7, 11) is 0. The highest BCUT2D eigenvalue weighted by atomic mass is 19.1. The number of nitro groups is 1. The Morgan fingerprint density at radius 1 is 1.24 bits per heavy atom. The third kappa shape index (κ3) is 3.51. The van der Waals surface area contributed by atoms with Gasteiger partial charge in [-0.2, -0.15) is 4.39 Å². The first-order chi connectivity index (χ1) is 9.99. The van der Waals surface area contributed by atoms with E-state index in [9.17, 15) is 19.3 Å². The molecule has 2 rings (SSSR count). The number of hydrogen-bond donors (Lipinski definition) is 0. The molecule has 0 aliphatic heterocycles. The van der Waals surface area contributed by atoms with Gasteiger partial charge in [-0.1, -0.05) is 43.3 Å². The molecule has 0 heterocycles. The van der Waals surface area contributed by atoms with E-state index in [0.29, 0.717) is 17.5 Å². The summed E-state index contributed by atoms with van der Waals surface area (Å²) in [5.74, 6) is -1.24. The van der Waals surface area contributed by atoms with Crippen molar-refractivity contribution in [3.8, 4) is 0 Å². The monoisotopic (exact) mass is 287 g/mol. The van der Waals surface area contributed by atoms with Crippen molar-refractivity contribution in [1.29, 1.82) is 0 Å². The highest BCUT2D eigenvalue weighted by Gasteiger charge is 2.18. The van der Waals surface area contributed by atoms with Crippen LogP contribution in [0.25, 0.3) is 0 Å². The summed E-state index contributed by atoms with van der Waals surface area (Å²) in [5.41, 5.74) is 0.614. The molecule has 0 amide bonds. The van der Waals surface area contributed by atoms with E-state index in [0.717, 1.165) is 12.1 Å². The minimum atomic E-state index is -0.878. The lowest BCUT2D eigenvalue weighted by Gasteiger charge is -2.10. The quantitative estimate of drug-likeness (QED) is 0.477. The molecule has 4 nitrogen and oxygen atoms in total. The van der Waals surface area contributed by atoms with Gasteiger partial charge in [-0.25, -0.2) is 0 Å². The SMILES string of the molecule is CC(Cc1ccc([N+](=O)[O-])c(F)c1)C(=O)c1ccccc1. The number of carbonyl (C=O) groups excluding carboxylic acids is 1. The number of nitro benzene ring substituents is 1. The highest BCUT2D eigenvalue weighted by Crippen LogP contribution is 2.21. The molecular formula is C16H14FNO3. The summed E-state index contributed by atoms with van der Waals surface area (Å²) in [6, 6.07) is 12.6. The maximum Gasteiger partial charge on any atom is 0.304 e. The topological polar surface area (TPSA) is 60.2 Å². The molecule has 0 saturated heterocycles. The summed E-state index contributed by atoms with van der Waals surface area (Å²) < 4.78 is 13.5. The van der Waals surface area contributed by atoms with Crippen LogP contribution in [0.4, 0.5) is 10.1 Å². The van der Waals surface area contributed by atoms with Crippen LogP contribution in [0, 0.1) is 21.8 Å². The number of nitrogens with zero attached hydrogens (tertiary/aromatic N) is 1. The van der Waals surface area contributed by atoms with Gasteiger partial charge in [-0.05, 0) is 18.1 Å². The molecule has 2 aromatic carbocycles. The largest absolute Gasteiger partial charge is 0.304 e. The smallest absolute Gasteiger partial charge is 0.294 e. The van der Waals surface area contributed by atoms with Gasteiger partial charge in [0.15, 0.2) is 5.78 Å². The van der Waals surface area contributed by atoms with E-state index in [1.807, 2.05) is 6.07 Å². The summed E-state index contributed by atoms with van der Waals surface area (Å²) in [6.45, 7) is 1.76. The third-order valence-electron chi connectivity index (χ3n) is 3.26. The van der Waals surface area contributed by atoms with Crippen LogP contribution in [0.5, 0.6) is 0 Å². The number of rotatable bonds is 5. The van der Waals surface area contributed by atoms with E-state index in [4.69, 9.17) is 0 Å². The average Bonchev–Trinajstić information content (AvgIpc) is 2.47. The fourth-order valence-electron chi connectivity index (χ4n) is 2.16. The lowest BCUT2D eigenvalue weighted by Crippen LogP contribution is -2.14. The van der Waals surface area contributed by atoms with Crippen LogP contribution in [0.15, 0.2) is 48.5 Å². The van der Waals surface area contributed by atoms with E-state index in [1.54, 1.807) is 31.2 Å². The van der Waals surface area contributed by atoms with Gasteiger partial charge in [0.1, 0.15) is 0 Å². The Bertz CT molecular complexity index is 670. The Morgan fingerprint density at radius 2 is 1.90 bits per heavy atom. The zero-order valence-electron chi connectivity index (χ0n) is 11.5. The number of Topliss-reactive ketones (excluding diaryl/α,β-unsaturated/α-hetero) is 1. The van der Waals surface area contributed by atoms with Gasteiger partial charge in [0.05, 0.1) is 4.92 Å². The lowest BCUT2D eigenvalue weighted by molar-refractivity contribution is -0.387. The van der Waals surface area contributed by atoms with Crippen molar-refractivity contribution in [3.05, 3.63) is 75.6 Å². The maximum absolute atomic E-state index is 13.5. The Hall–Kier alpha value is -2.56. The van der Waals surface area contributed by atoms with Gasteiger partial charge >= 0.3 is 5.69 Å². The third-order valence-corrected chi connectivity index (χ3v) is 3.26. The Balaban J connectivity index is 2.13. The van der Waals surface area contributed by atoms with Crippen LogP contribution >= 0.6 is 0 Å². The normalized spacial score (nSPS) is 11.9. The molecule has 108 valence electrons. The van der Waals surface area contributed by atoms with Gasteiger partial charge in [-0.15, -0.1) is 0 Å². The van der Waals surface area contributed by atoms with Gasteiger partial charge in [0.2, 0.25) is 5.82 Å². The molecule has 0 fully saturated rings. The summed E-state index contributed by atoms with van der Waals surface area (Å²) in [6.07, 6.45) is 0.336. The van der Waals surface area contributed by atoms with Crippen molar-refractivity contribution in [2.45, 2.75) is 13.3 Å². The first kappa shape index (κ1) is 14.8. The second-order valence-electron chi connectivity index (χ2n) is 4.88. The van der Waals surface area contributed by atoms with Crippen molar-refractivity contribution >= 4 is 11.5 Å². The van der Waals surface area contributed by atoms with Gasteiger partial charge < -0.3 is 0 Å². The van der Waals surface area contributed by atoms with Crippen LogP contribution in [-0.4, -0.2) is 10.7 Å². The van der Waals surface area contributed by atoms with Crippen LogP contribution in [0.2, 0.25) is 0 Å². The van der Waals surface area contributed by atoms with Crippen molar-refractivity contribution in [2.24, 2.45) is 5.92 Å². The summed E-state index contributed by atoms with van der Waals surface area (Å²) in [5, 5.41) is 10.6. The van der Waals surface area contributed by atoms with E-state index in [2.05, 4.69) is 0 Å². The molecule has 5 heteroatoms. The molecule has 21 heavy (non-hydrogen) atoms. The van der Waals surface area contributed by atoms with Crippen LogP contribution in [0.3, 0.4) is 0 Å². The van der Waals surface area contributed by atoms with Crippen molar-refractivity contribution in [3.63, 3.8) is 0 Å². The number of benzene rings is 2. The molecule has 0 spiro atoms. The molecule has 1 unspecified atom stereocenters. The second kappa shape index (κ2) is 6.26. The highest BCUT2D eigenvalue weighted by molar-refractivity contribution is 5.97. The zero-order chi connectivity index (χ0) is 15.4. The van der Waals surface area contributed by atoms with Gasteiger partial charge in [-0.3, -0.25) is 14.9 Å². The average molecular weight is 287 g/mol. The Morgan fingerprint density at radius 3 is 2.48 bits per heavy atom. The van der Waals surface area contributed by atoms with Crippen LogP contribution in [0.1, 0.15) is 22.8 Å². The number of halogens is 1. The molecule has 0 radical (unpaired) electrons. The van der Waals surface area contributed by atoms with Crippen molar-refractivity contribution in [2.75, 3.05) is 0 Å². The standard InChI is InChI=1S/C16H14FNO3/c1-11(16(19)13-5-3-2-4-6-13)9-12-7-8-15(18(20)21)14(17)10-12/h2-8,10-11H,9H2,1H3. The Kier molecular flexibility index (Phi) is 4.42. The predicted octanol–water partition coefficient (Wildman–Crippen LogP) is 3.80. The summed E-state index contributed by atoms with van der Waals surface area (Å²) >= 11 is 0. The maximum atomic E-state index is 13.5. The minimum absolute atomic E-state index is 0.0330. The van der Waals surface area contributed by atoms with Crippen molar-refractivity contribution in [1.82, 2.24) is 0 Å². The van der Waals surface area contributed by atoms with E-state index in [1.165, 1.54) is 6.07 Å². The predicted molar refractivity (Wildman–Crippen MR) is 76.7 cm³/mol. The summed E-state index contributed by atoms with van der Waals surface area (Å²) in [4.78, 5) is 22.0. The fourth-order valence-corrected chi connectivity index (χ4v) is 2.16. The minimum Gasteiger partial charge on any atom is -0.294 e. The molecule has 1 atom stereocenters. The van der Waals surface area contributed by atoms with E-state index >= 15 is 0 Å².